The number of fused-ring (bicyclic) bond motifs is 1. The van der Waals surface area contributed by atoms with Crippen LogP contribution in [-0.2, 0) is 25.6 Å². The topological polar surface area (TPSA) is 133 Å². The molecule has 4 N–H and O–H groups in total. The molecular weight excluding hydrogens is 522 g/mol. The number of aliphatic hydroxyl groups is 1. The second-order valence-corrected chi connectivity index (χ2v) is 11.1. The maximum atomic E-state index is 14.1. The molecule has 11 heteroatoms. The summed E-state index contributed by atoms with van der Waals surface area (Å²) in [4.78, 5) is 57.9. The lowest BCUT2D eigenvalue weighted by Gasteiger charge is -2.34. The van der Waals surface area contributed by atoms with E-state index >= 15 is 0 Å². The SMILES string of the molecule is C[C@@H](O)[C@H](NC(=O)Cc1cc(F)cc(F)c1)C(=O)C1(N)C(=O)N(CC2CC2)c2ccccc2N(CC2CC2)C1=O. The summed E-state index contributed by atoms with van der Waals surface area (Å²) in [6.07, 6.45) is 1.52. The standard InChI is InChI=1S/C29H32F2N4O5/c1-16(36)25(33-24(37)12-19-10-20(30)13-21(31)11-19)26(38)29(32)27(39)34(14-17-6-7-17)22-4-2-3-5-23(22)35(28(29)40)15-18-8-9-18/h2-5,10-11,13,16-18,25,36H,6-9,12,14-15,32H2,1H3,(H,33,37)/t16-,25+/m1/s1. The molecule has 2 fully saturated rings. The van der Waals surface area contributed by atoms with Crippen LogP contribution in [0.4, 0.5) is 20.2 Å². The van der Waals surface area contributed by atoms with Gasteiger partial charge in [0.2, 0.25) is 11.4 Å². The summed E-state index contributed by atoms with van der Waals surface area (Å²) in [5.41, 5.74) is 4.76. The Morgan fingerprint density at radius 3 is 1.88 bits per heavy atom. The highest BCUT2D eigenvalue weighted by Crippen LogP contribution is 2.41. The number of carbonyl (C=O) groups excluding carboxylic acids is 4. The van der Waals surface area contributed by atoms with E-state index in [1.54, 1.807) is 24.3 Å². The maximum absolute atomic E-state index is 14.1. The van der Waals surface area contributed by atoms with Gasteiger partial charge in [-0.15, -0.1) is 0 Å². The lowest BCUT2D eigenvalue weighted by molar-refractivity contribution is -0.145. The molecule has 0 radical (unpaired) electrons. The zero-order valence-corrected chi connectivity index (χ0v) is 22.1. The predicted octanol–water partition coefficient (Wildman–Crippen LogP) is 1.84. The second kappa shape index (κ2) is 10.7. The summed E-state index contributed by atoms with van der Waals surface area (Å²) >= 11 is 0. The van der Waals surface area contributed by atoms with Crippen LogP contribution in [-0.4, -0.2) is 59.4 Å². The first kappa shape index (κ1) is 27.9. The highest BCUT2D eigenvalue weighted by Gasteiger charge is 2.59. The van der Waals surface area contributed by atoms with Crippen molar-refractivity contribution < 1.29 is 33.1 Å². The van der Waals surface area contributed by atoms with Gasteiger partial charge in [0, 0.05) is 19.2 Å². The summed E-state index contributed by atoms with van der Waals surface area (Å²) in [6, 6.07) is 7.76. The van der Waals surface area contributed by atoms with Gasteiger partial charge in [-0.2, -0.15) is 0 Å². The van der Waals surface area contributed by atoms with Crippen LogP contribution in [0.15, 0.2) is 42.5 Å². The quantitative estimate of drug-likeness (QED) is 0.384. The monoisotopic (exact) mass is 554 g/mol. The summed E-state index contributed by atoms with van der Waals surface area (Å²) < 4.78 is 27.2. The summed E-state index contributed by atoms with van der Waals surface area (Å²) in [5, 5.41) is 12.9. The number of Topliss-reactive ketones (excluding diaryl/α,β-unsaturated/α-hetero) is 1. The van der Waals surface area contributed by atoms with E-state index in [-0.39, 0.29) is 30.5 Å². The Morgan fingerprint density at radius 1 is 0.975 bits per heavy atom. The van der Waals surface area contributed by atoms with E-state index in [0.29, 0.717) is 17.4 Å². The molecule has 1 aliphatic heterocycles. The van der Waals surface area contributed by atoms with Crippen LogP contribution in [0.5, 0.6) is 0 Å². The molecule has 9 nitrogen and oxygen atoms in total. The molecule has 3 aliphatic rings. The van der Waals surface area contributed by atoms with Gasteiger partial charge in [0.1, 0.15) is 17.7 Å². The number of ketones is 1. The fourth-order valence-electron chi connectivity index (χ4n) is 5.12. The van der Waals surface area contributed by atoms with Gasteiger partial charge in [-0.25, -0.2) is 8.78 Å². The van der Waals surface area contributed by atoms with E-state index in [9.17, 15) is 33.1 Å². The number of halogens is 2. The molecule has 2 aliphatic carbocycles. The molecule has 0 bridgehead atoms. The Kier molecular flexibility index (Phi) is 7.45. The maximum Gasteiger partial charge on any atom is 0.264 e. The molecule has 1 heterocycles. The van der Waals surface area contributed by atoms with E-state index in [1.807, 2.05) is 0 Å². The van der Waals surface area contributed by atoms with E-state index in [2.05, 4.69) is 5.32 Å². The van der Waals surface area contributed by atoms with Crippen molar-refractivity contribution in [2.75, 3.05) is 22.9 Å². The van der Waals surface area contributed by atoms with Crippen molar-refractivity contribution >= 4 is 34.9 Å². The third kappa shape index (κ3) is 5.48. The van der Waals surface area contributed by atoms with Crippen LogP contribution < -0.4 is 20.9 Å². The molecule has 2 saturated carbocycles. The minimum atomic E-state index is -2.73. The molecule has 5 rings (SSSR count). The fraction of sp³-hybridized carbons (Fsp3) is 0.448. The number of carbonyl (C=O) groups is 4. The number of hydrogen-bond acceptors (Lipinski definition) is 6. The van der Waals surface area contributed by atoms with Crippen LogP contribution in [0.2, 0.25) is 0 Å². The van der Waals surface area contributed by atoms with Crippen molar-refractivity contribution in [3.63, 3.8) is 0 Å². The average Bonchev–Trinajstić information content (AvgIpc) is 3.82. The molecule has 0 spiro atoms. The first-order chi connectivity index (χ1) is 19.0. The fourth-order valence-corrected chi connectivity index (χ4v) is 5.12. The van der Waals surface area contributed by atoms with Gasteiger partial charge < -0.3 is 26.0 Å². The van der Waals surface area contributed by atoms with Gasteiger partial charge in [-0.1, -0.05) is 12.1 Å². The van der Waals surface area contributed by atoms with Crippen molar-refractivity contribution in [1.29, 1.82) is 0 Å². The number of para-hydroxylation sites is 2. The number of nitrogens with one attached hydrogen (secondary N) is 1. The zero-order chi connectivity index (χ0) is 28.8. The van der Waals surface area contributed by atoms with E-state index < -0.39 is 59.2 Å². The number of nitrogens with zero attached hydrogens (tertiary/aromatic N) is 2. The molecule has 0 unspecified atom stereocenters. The molecule has 0 saturated heterocycles. The lowest BCUT2D eigenvalue weighted by atomic mass is 9.85. The minimum absolute atomic E-state index is 0.00228. The third-order valence-electron chi connectivity index (χ3n) is 7.66. The van der Waals surface area contributed by atoms with Crippen molar-refractivity contribution in [2.24, 2.45) is 17.6 Å². The first-order valence-electron chi connectivity index (χ1n) is 13.5. The number of amides is 3. The number of nitrogens with two attached hydrogens (primary N) is 1. The zero-order valence-electron chi connectivity index (χ0n) is 22.1. The third-order valence-corrected chi connectivity index (χ3v) is 7.66. The number of anilines is 2. The van der Waals surface area contributed by atoms with E-state index in [4.69, 9.17) is 5.73 Å². The molecular formula is C29H32F2N4O5. The Balaban J connectivity index is 1.49. The Labute approximate surface area is 230 Å². The largest absolute Gasteiger partial charge is 0.391 e. The van der Waals surface area contributed by atoms with Crippen LogP contribution in [0.25, 0.3) is 0 Å². The molecule has 2 atom stereocenters. The Hall–Kier alpha value is -3.70. The minimum Gasteiger partial charge on any atom is -0.391 e. The normalized spacial score (nSPS) is 20.0. The van der Waals surface area contributed by atoms with Crippen LogP contribution >= 0.6 is 0 Å². The highest BCUT2D eigenvalue weighted by atomic mass is 19.1. The number of aliphatic hydroxyl groups excluding tert-OH is 1. The Morgan fingerprint density at radius 2 is 1.45 bits per heavy atom. The average molecular weight is 555 g/mol. The van der Waals surface area contributed by atoms with Gasteiger partial charge >= 0.3 is 0 Å². The molecule has 2 aromatic rings. The van der Waals surface area contributed by atoms with Crippen molar-refractivity contribution in [2.45, 2.75) is 56.7 Å². The number of rotatable bonds is 10. The van der Waals surface area contributed by atoms with E-state index in [0.717, 1.165) is 37.8 Å². The van der Waals surface area contributed by atoms with Crippen molar-refractivity contribution in [3.8, 4) is 0 Å². The smallest absolute Gasteiger partial charge is 0.264 e. The van der Waals surface area contributed by atoms with Gasteiger partial charge in [-0.05, 0) is 74.3 Å². The molecule has 40 heavy (non-hydrogen) atoms. The van der Waals surface area contributed by atoms with Gasteiger partial charge in [0.25, 0.3) is 11.8 Å². The molecule has 2 aromatic carbocycles. The number of benzene rings is 2. The van der Waals surface area contributed by atoms with Crippen LogP contribution in [0.3, 0.4) is 0 Å². The highest BCUT2D eigenvalue weighted by molar-refractivity contribution is 6.37. The lowest BCUT2D eigenvalue weighted by Crippen LogP contribution is -2.72. The Bertz CT molecular complexity index is 1280. The van der Waals surface area contributed by atoms with E-state index in [1.165, 1.54) is 16.7 Å². The summed E-state index contributed by atoms with van der Waals surface area (Å²) in [5.74, 6) is -5.24. The predicted molar refractivity (Wildman–Crippen MR) is 142 cm³/mol. The number of hydrogen-bond donors (Lipinski definition) is 3. The summed E-state index contributed by atoms with van der Waals surface area (Å²) in [7, 11) is 0. The molecule has 3 amide bonds. The van der Waals surface area contributed by atoms with Crippen molar-refractivity contribution in [1.82, 2.24) is 5.32 Å². The van der Waals surface area contributed by atoms with Crippen molar-refractivity contribution in [3.05, 3.63) is 59.7 Å². The second-order valence-electron chi connectivity index (χ2n) is 11.1. The van der Waals surface area contributed by atoms with Gasteiger partial charge in [0.15, 0.2) is 5.78 Å². The van der Waals surface area contributed by atoms with Crippen LogP contribution in [0.1, 0.15) is 38.2 Å². The molecule has 212 valence electrons. The molecule has 0 aromatic heterocycles. The first-order valence-corrected chi connectivity index (χ1v) is 13.5. The van der Waals surface area contributed by atoms with Gasteiger partial charge in [0.05, 0.1) is 23.9 Å². The van der Waals surface area contributed by atoms with Crippen LogP contribution in [0, 0.1) is 23.5 Å². The summed E-state index contributed by atoms with van der Waals surface area (Å²) in [6.45, 7) is 1.76. The van der Waals surface area contributed by atoms with Gasteiger partial charge in [-0.3, -0.25) is 19.2 Å².